The Morgan fingerprint density at radius 3 is 1.23 bits per heavy atom. The van der Waals surface area contributed by atoms with E-state index in [9.17, 15) is 0 Å². The van der Waals surface area contributed by atoms with Gasteiger partial charge >= 0.3 is 0 Å². The number of hydrogen-bond donors (Lipinski definition) is 0. The van der Waals surface area contributed by atoms with Crippen molar-refractivity contribution in [1.82, 2.24) is 0 Å². The molecule has 248 valence electrons. The third kappa shape index (κ3) is 5.37. The predicted molar refractivity (Wildman–Crippen MR) is 281 cm³/mol. The molecule has 0 amide bonds. The molecule has 0 aliphatic rings. The average molecular weight is 744 g/mol. The zero-order valence-electron chi connectivity index (χ0n) is 33.1. The Labute approximate surface area is 379 Å². The van der Waals surface area contributed by atoms with Crippen LogP contribution in [-0.4, -0.2) is 118 Å². The van der Waals surface area contributed by atoms with Crippen LogP contribution in [0.5, 0.6) is 0 Å². The molecule has 1 aromatic heterocycles. The van der Waals surface area contributed by atoms with Crippen molar-refractivity contribution >= 4 is 265 Å². The molecule has 0 fully saturated rings. The van der Waals surface area contributed by atoms with Gasteiger partial charge in [0.25, 0.3) is 0 Å². The lowest BCUT2D eigenvalue weighted by atomic mass is 9.56. The summed E-state index contributed by atoms with van der Waals surface area (Å²) in [5.41, 5.74) is 4.56. The molecule has 10 rings (SSSR count). The van der Waals surface area contributed by atoms with E-state index in [1.807, 2.05) is 66.7 Å². The van der Waals surface area contributed by atoms with Gasteiger partial charge in [-0.1, -0.05) is 110 Å². The van der Waals surface area contributed by atoms with Gasteiger partial charge in [-0.05, 0) is 83.2 Å². The van der Waals surface area contributed by atoms with Crippen molar-refractivity contribution in [3.05, 3.63) is 78.9 Å². The van der Waals surface area contributed by atoms with Crippen molar-refractivity contribution < 1.29 is 4.42 Å². The summed E-state index contributed by atoms with van der Waals surface area (Å²) in [6.07, 6.45) is 0. The van der Waals surface area contributed by atoms with Gasteiger partial charge < -0.3 is 4.42 Å². The van der Waals surface area contributed by atoms with Crippen molar-refractivity contribution in [2.75, 3.05) is 0 Å². The summed E-state index contributed by atoms with van der Waals surface area (Å²) < 4.78 is 6.60. The third-order valence-corrected chi connectivity index (χ3v) is 12.5. The van der Waals surface area contributed by atoms with E-state index < -0.39 is 0 Å². The highest BCUT2D eigenvalue weighted by atomic mass is 16.3. The molecule has 30 radical (unpaired) electrons. The Hall–Kier alpha value is -5.21. The van der Waals surface area contributed by atoms with Crippen LogP contribution in [0, 0.1) is 0 Å². The standard InChI is InChI=1S/C46H13B15O/c47-31-24-22(18-9-4-3-8-16(18)17-10-5-11-20-21(17)19-13-12-14-6-1-2-7-15(14)46(19)62-20)25-27(35(51)43(59)41(57)32(25)48)23(26(24)34(50)42(58)40(31)56)28-29-30(37(53)39(55)33(28)49)38(54)45(61)44(60)36(29)52/h1-13H. The summed E-state index contributed by atoms with van der Waals surface area (Å²) in [6, 6.07) is 25.8. The van der Waals surface area contributed by atoms with E-state index in [0.717, 1.165) is 38.3 Å². The van der Waals surface area contributed by atoms with Gasteiger partial charge in [-0.25, -0.2) is 0 Å². The zero-order chi connectivity index (χ0) is 44.0. The molecule has 0 unspecified atom stereocenters. The highest BCUT2D eigenvalue weighted by molar-refractivity contribution is 6.75. The Kier molecular flexibility index (Phi) is 9.50. The molecule has 0 aliphatic carbocycles. The summed E-state index contributed by atoms with van der Waals surface area (Å²) in [5, 5.41) is 5.35. The Bertz CT molecular complexity index is 3620. The third-order valence-electron chi connectivity index (χ3n) is 12.5. The number of benzene rings is 9. The van der Waals surface area contributed by atoms with Gasteiger partial charge in [0.2, 0.25) is 0 Å². The van der Waals surface area contributed by atoms with Crippen molar-refractivity contribution in [3.8, 4) is 33.4 Å². The molecule has 16 heteroatoms. The molecule has 0 saturated heterocycles. The molecule has 0 atom stereocenters. The largest absolute Gasteiger partial charge is 0.455 e. The van der Waals surface area contributed by atoms with Gasteiger partial charge in [0.15, 0.2) is 0 Å². The lowest BCUT2D eigenvalue weighted by Gasteiger charge is -2.32. The van der Waals surface area contributed by atoms with E-state index in [-0.39, 0.29) is 115 Å². The molecule has 9 aromatic carbocycles. The molecule has 10 aromatic rings. The molecule has 1 nitrogen and oxygen atoms in total. The first kappa shape index (κ1) is 40.8. The maximum Gasteiger partial charge on any atom is 0.143 e. The second-order valence-corrected chi connectivity index (χ2v) is 15.6. The van der Waals surface area contributed by atoms with Crippen LogP contribution in [0.15, 0.2) is 83.3 Å². The minimum Gasteiger partial charge on any atom is -0.455 e. The zero-order valence-corrected chi connectivity index (χ0v) is 33.1. The van der Waals surface area contributed by atoms with Crippen LogP contribution in [-0.2, 0) is 0 Å². The first-order valence-electron chi connectivity index (χ1n) is 19.3. The van der Waals surface area contributed by atoms with Gasteiger partial charge in [0.1, 0.15) is 129 Å². The molecule has 62 heavy (non-hydrogen) atoms. The summed E-state index contributed by atoms with van der Waals surface area (Å²) >= 11 is 0. The van der Waals surface area contributed by atoms with Gasteiger partial charge in [-0.3, -0.25) is 0 Å². The van der Waals surface area contributed by atoms with E-state index in [2.05, 4.69) is 12.1 Å². The topological polar surface area (TPSA) is 13.1 Å². The molecule has 0 N–H and O–H groups in total. The number of hydrogen-bond acceptors (Lipinski definition) is 1. The SMILES string of the molecule is [B]c1c([B])c([B])c2c(-c3c4c([B])c([B])c([B])c([B])c4c(-c4ccccc4-c4cccc5oc6c7ccccc7ccc6c45)c4c([B])c([B])c([B])c([B])c34)c([B])c([B])c([B])c2c1[B]. The highest BCUT2D eigenvalue weighted by Crippen LogP contribution is 2.46. The second-order valence-electron chi connectivity index (χ2n) is 15.6. The van der Waals surface area contributed by atoms with Crippen LogP contribution in [0.3, 0.4) is 0 Å². The molecular weight excluding hydrogens is 731 g/mol. The normalized spacial score (nSPS) is 11.9. The maximum absolute atomic E-state index is 7.15. The van der Waals surface area contributed by atoms with E-state index in [0.29, 0.717) is 27.5 Å². The fourth-order valence-electron chi connectivity index (χ4n) is 9.36. The van der Waals surface area contributed by atoms with Gasteiger partial charge in [-0.15, -0.1) is 38.2 Å². The van der Waals surface area contributed by atoms with Crippen LogP contribution in [0.25, 0.3) is 98.4 Å². The lowest BCUT2D eigenvalue weighted by Crippen LogP contribution is -2.53. The molecule has 0 saturated carbocycles. The molecule has 0 spiro atoms. The highest BCUT2D eigenvalue weighted by Gasteiger charge is 2.29. The molecule has 0 bridgehead atoms. The first-order chi connectivity index (χ1) is 29.6. The molecule has 0 aliphatic heterocycles. The van der Waals surface area contributed by atoms with E-state index >= 15 is 0 Å². The minimum absolute atomic E-state index is 0.00560. The Morgan fingerprint density at radius 1 is 0.258 bits per heavy atom. The Balaban J connectivity index is 1.48. The monoisotopic (exact) mass is 746 g/mol. The van der Waals surface area contributed by atoms with E-state index in [1.54, 1.807) is 0 Å². The van der Waals surface area contributed by atoms with Crippen LogP contribution < -0.4 is 81.9 Å². The average Bonchev–Trinajstić information content (AvgIpc) is 3.68. The second kappa shape index (κ2) is 14.4. The summed E-state index contributed by atoms with van der Waals surface area (Å²) in [7, 11) is 102. The van der Waals surface area contributed by atoms with E-state index in [4.69, 9.17) is 122 Å². The van der Waals surface area contributed by atoms with Gasteiger partial charge in [0.05, 0.1) is 0 Å². The van der Waals surface area contributed by atoms with Crippen molar-refractivity contribution in [1.29, 1.82) is 0 Å². The predicted octanol–water partition coefficient (Wildman–Crippen LogP) is -4.89. The first-order valence-corrected chi connectivity index (χ1v) is 19.3. The summed E-state index contributed by atoms with van der Waals surface area (Å²) in [4.78, 5) is 0. The quantitative estimate of drug-likeness (QED) is 0.131. The van der Waals surface area contributed by atoms with Crippen LogP contribution in [0.2, 0.25) is 0 Å². The number of fused-ring (bicyclic) bond motifs is 8. The van der Waals surface area contributed by atoms with Gasteiger partial charge in [-0.2, -0.15) is 0 Å². The maximum atomic E-state index is 7.15. The van der Waals surface area contributed by atoms with Crippen LogP contribution in [0.4, 0.5) is 0 Å². The molecular formula is C46H13B15O. The van der Waals surface area contributed by atoms with Crippen molar-refractivity contribution in [2.24, 2.45) is 0 Å². The number of rotatable bonds is 3. The summed E-state index contributed by atoms with van der Waals surface area (Å²) in [6.45, 7) is 0. The molecule has 1 heterocycles. The van der Waals surface area contributed by atoms with Crippen LogP contribution >= 0.6 is 0 Å². The van der Waals surface area contributed by atoms with Gasteiger partial charge in [0, 0.05) is 16.2 Å². The number of furan rings is 1. The minimum atomic E-state index is -0.0448. The fourth-order valence-corrected chi connectivity index (χ4v) is 9.36. The van der Waals surface area contributed by atoms with Crippen molar-refractivity contribution in [3.63, 3.8) is 0 Å². The van der Waals surface area contributed by atoms with Crippen LogP contribution in [0.1, 0.15) is 0 Å². The lowest BCUT2D eigenvalue weighted by molar-refractivity contribution is 0.673. The van der Waals surface area contributed by atoms with E-state index in [1.165, 1.54) is 0 Å². The fraction of sp³-hybridized carbons (Fsp3) is 0. The smallest absolute Gasteiger partial charge is 0.143 e. The van der Waals surface area contributed by atoms with Crippen molar-refractivity contribution in [2.45, 2.75) is 0 Å². The summed E-state index contributed by atoms with van der Waals surface area (Å²) in [5.74, 6) is 0. The Morgan fingerprint density at radius 2 is 0.677 bits per heavy atom.